The minimum atomic E-state index is -3.75. The maximum atomic E-state index is 13.3. The molecule has 1 heterocycles. The first-order valence-corrected chi connectivity index (χ1v) is 10.1. The molecule has 0 spiro atoms. The third-order valence-corrected chi connectivity index (χ3v) is 5.66. The minimum Gasteiger partial charge on any atom is -0.491 e. The number of para-hydroxylation sites is 1. The van der Waals surface area contributed by atoms with Gasteiger partial charge in [-0.25, -0.2) is 8.42 Å². The molecule has 0 fully saturated rings. The first-order valence-electron chi connectivity index (χ1n) is 8.70. The molecule has 0 unspecified atom stereocenters. The van der Waals surface area contributed by atoms with Gasteiger partial charge in [0.15, 0.2) is 0 Å². The van der Waals surface area contributed by atoms with Gasteiger partial charge in [-0.05, 0) is 61.9 Å². The molecule has 3 aromatic rings. The van der Waals surface area contributed by atoms with Gasteiger partial charge in [0.05, 0.1) is 23.2 Å². The summed E-state index contributed by atoms with van der Waals surface area (Å²) in [5.41, 5.74) is 1.41. The van der Waals surface area contributed by atoms with Crippen molar-refractivity contribution in [2.75, 3.05) is 4.31 Å². The van der Waals surface area contributed by atoms with Crippen molar-refractivity contribution in [3.8, 4) is 5.75 Å². The zero-order chi connectivity index (χ0) is 19.3. The Morgan fingerprint density at radius 3 is 2.26 bits per heavy atom. The molecule has 140 valence electrons. The van der Waals surface area contributed by atoms with E-state index in [1.54, 1.807) is 54.9 Å². The predicted octanol–water partition coefficient (Wildman–Crippen LogP) is 4.26. The fourth-order valence-corrected chi connectivity index (χ4v) is 4.11. The van der Waals surface area contributed by atoms with Crippen molar-refractivity contribution in [2.45, 2.75) is 31.4 Å². The van der Waals surface area contributed by atoms with Crippen LogP contribution in [0.1, 0.15) is 19.4 Å². The second-order valence-electron chi connectivity index (χ2n) is 6.35. The van der Waals surface area contributed by atoms with Crippen molar-refractivity contribution in [3.63, 3.8) is 0 Å². The standard InChI is InChI=1S/C21H22N2O3S/c1-17(2)26-20-10-12-21(13-11-20)27(24,25)23(19-8-4-3-5-9-19)16-18-7-6-14-22-15-18/h3-15,17H,16H2,1-2H3. The molecule has 0 saturated heterocycles. The van der Waals surface area contributed by atoms with Crippen LogP contribution in [0.3, 0.4) is 0 Å². The van der Waals surface area contributed by atoms with Crippen molar-refractivity contribution in [1.29, 1.82) is 0 Å². The smallest absolute Gasteiger partial charge is 0.264 e. The molecule has 0 radical (unpaired) electrons. The number of rotatable bonds is 7. The highest BCUT2D eigenvalue weighted by Crippen LogP contribution is 2.27. The van der Waals surface area contributed by atoms with E-state index in [2.05, 4.69) is 4.98 Å². The molecule has 0 bridgehead atoms. The van der Waals surface area contributed by atoms with Gasteiger partial charge in [0.2, 0.25) is 0 Å². The van der Waals surface area contributed by atoms with Crippen molar-refractivity contribution >= 4 is 15.7 Å². The molecule has 0 amide bonds. The van der Waals surface area contributed by atoms with Gasteiger partial charge in [-0.15, -0.1) is 0 Å². The van der Waals surface area contributed by atoms with E-state index in [1.807, 2.05) is 38.1 Å². The molecule has 27 heavy (non-hydrogen) atoms. The Hall–Kier alpha value is -2.86. The molecule has 3 rings (SSSR count). The molecule has 5 nitrogen and oxygen atoms in total. The summed E-state index contributed by atoms with van der Waals surface area (Å²) in [6, 6.07) is 19.2. The highest BCUT2D eigenvalue weighted by molar-refractivity contribution is 7.92. The minimum absolute atomic E-state index is 0.0267. The number of sulfonamides is 1. The number of hydrogen-bond acceptors (Lipinski definition) is 4. The molecule has 2 aromatic carbocycles. The van der Waals surface area contributed by atoms with E-state index < -0.39 is 10.0 Å². The molecule has 0 saturated carbocycles. The largest absolute Gasteiger partial charge is 0.491 e. The van der Waals surface area contributed by atoms with Crippen LogP contribution in [0.2, 0.25) is 0 Å². The maximum absolute atomic E-state index is 13.3. The molecule has 0 aliphatic heterocycles. The van der Waals surface area contributed by atoms with E-state index in [0.29, 0.717) is 11.4 Å². The van der Waals surface area contributed by atoms with E-state index >= 15 is 0 Å². The summed E-state index contributed by atoms with van der Waals surface area (Å²) in [6.07, 6.45) is 3.36. The van der Waals surface area contributed by atoms with Crippen LogP contribution in [0.5, 0.6) is 5.75 Å². The lowest BCUT2D eigenvalue weighted by Gasteiger charge is -2.24. The topological polar surface area (TPSA) is 59.5 Å². The van der Waals surface area contributed by atoms with E-state index in [1.165, 1.54) is 4.31 Å². The number of nitrogens with zero attached hydrogens (tertiary/aromatic N) is 2. The molecule has 0 N–H and O–H groups in total. The Balaban J connectivity index is 1.97. The van der Waals surface area contributed by atoms with Crippen LogP contribution in [0.15, 0.2) is 84.0 Å². The predicted molar refractivity (Wildman–Crippen MR) is 106 cm³/mol. The van der Waals surface area contributed by atoms with Gasteiger partial charge in [0, 0.05) is 12.4 Å². The zero-order valence-corrected chi connectivity index (χ0v) is 16.1. The van der Waals surface area contributed by atoms with Crippen LogP contribution in [0, 0.1) is 0 Å². The lowest BCUT2D eigenvalue weighted by atomic mass is 10.2. The number of benzene rings is 2. The Kier molecular flexibility index (Phi) is 5.76. The molecule has 0 atom stereocenters. The molecular weight excluding hydrogens is 360 g/mol. The van der Waals surface area contributed by atoms with Crippen molar-refractivity contribution < 1.29 is 13.2 Å². The summed E-state index contributed by atoms with van der Waals surface area (Å²) in [5, 5.41) is 0. The monoisotopic (exact) mass is 382 g/mol. The second kappa shape index (κ2) is 8.22. The summed E-state index contributed by atoms with van der Waals surface area (Å²) in [5.74, 6) is 0.641. The van der Waals surface area contributed by atoms with Crippen LogP contribution >= 0.6 is 0 Å². The van der Waals surface area contributed by atoms with E-state index in [4.69, 9.17) is 4.74 Å². The Labute approximate surface area is 160 Å². The molecule has 0 aliphatic carbocycles. The second-order valence-corrected chi connectivity index (χ2v) is 8.21. The fourth-order valence-electron chi connectivity index (χ4n) is 2.66. The van der Waals surface area contributed by atoms with Gasteiger partial charge in [0.1, 0.15) is 5.75 Å². The highest BCUT2D eigenvalue weighted by atomic mass is 32.2. The molecule has 1 aromatic heterocycles. The summed E-state index contributed by atoms with van der Waals surface area (Å²) in [7, 11) is -3.75. The SMILES string of the molecule is CC(C)Oc1ccc(S(=O)(=O)N(Cc2cccnc2)c2ccccc2)cc1. The average molecular weight is 382 g/mol. The van der Waals surface area contributed by atoms with Crippen LogP contribution in [0.4, 0.5) is 5.69 Å². The van der Waals surface area contributed by atoms with E-state index in [9.17, 15) is 8.42 Å². The Morgan fingerprint density at radius 1 is 0.963 bits per heavy atom. The van der Waals surface area contributed by atoms with Crippen LogP contribution in [-0.2, 0) is 16.6 Å². The number of pyridine rings is 1. The van der Waals surface area contributed by atoms with Crippen molar-refractivity contribution in [1.82, 2.24) is 4.98 Å². The number of hydrogen-bond donors (Lipinski definition) is 0. The van der Waals surface area contributed by atoms with Gasteiger partial charge < -0.3 is 4.74 Å². The quantitative estimate of drug-likeness (QED) is 0.612. The fraction of sp³-hybridized carbons (Fsp3) is 0.190. The highest BCUT2D eigenvalue weighted by Gasteiger charge is 2.25. The third-order valence-electron chi connectivity index (χ3n) is 3.88. The maximum Gasteiger partial charge on any atom is 0.264 e. The summed E-state index contributed by atoms with van der Waals surface area (Å²) in [4.78, 5) is 4.30. The first-order chi connectivity index (χ1) is 13.0. The van der Waals surface area contributed by atoms with Gasteiger partial charge >= 0.3 is 0 Å². The lowest BCUT2D eigenvalue weighted by Crippen LogP contribution is -2.30. The molecular formula is C21H22N2O3S. The summed E-state index contributed by atoms with van der Waals surface area (Å²) in [6.45, 7) is 4.05. The molecule has 0 aliphatic rings. The molecule has 6 heteroatoms. The average Bonchev–Trinajstić information content (AvgIpc) is 2.67. The van der Waals surface area contributed by atoms with Crippen LogP contribution < -0.4 is 9.04 Å². The van der Waals surface area contributed by atoms with Crippen LogP contribution in [0.25, 0.3) is 0 Å². The Bertz CT molecular complexity index is 957. The summed E-state index contributed by atoms with van der Waals surface area (Å²) >= 11 is 0. The first kappa shape index (κ1) is 18.9. The van der Waals surface area contributed by atoms with Crippen molar-refractivity contribution in [3.05, 3.63) is 84.7 Å². The lowest BCUT2D eigenvalue weighted by molar-refractivity contribution is 0.242. The van der Waals surface area contributed by atoms with Gasteiger partial charge in [-0.1, -0.05) is 24.3 Å². The van der Waals surface area contributed by atoms with E-state index in [0.717, 1.165) is 5.56 Å². The number of anilines is 1. The normalized spacial score (nSPS) is 11.4. The van der Waals surface area contributed by atoms with Gasteiger partial charge in [-0.2, -0.15) is 0 Å². The Morgan fingerprint density at radius 2 is 1.67 bits per heavy atom. The zero-order valence-electron chi connectivity index (χ0n) is 15.3. The van der Waals surface area contributed by atoms with Crippen molar-refractivity contribution in [2.24, 2.45) is 0 Å². The van der Waals surface area contributed by atoms with Gasteiger partial charge in [-0.3, -0.25) is 9.29 Å². The van der Waals surface area contributed by atoms with Crippen LogP contribution in [-0.4, -0.2) is 19.5 Å². The van der Waals surface area contributed by atoms with Gasteiger partial charge in [0.25, 0.3) is 10.0 Å². The number of ether oxygens (including phenoxy) is 1. The number of aromatic nitrogens is 1. The summed E-state index contributed by atoms with van der Waals surface area (Å²) < 4.78 is 33.7. The third kappa shape index (κ3) is 4.65. The van der Waals surface area contributed by atoms with E-state index in [-0.39, 0.29) is 17.5 Å².